The second-order valence-electron chi connectivity index (χ2n) is 3.66. The first-order valence-corrected chi connectivity index (χ1v) is 5.20. The van der Waals surface area contributed by atoms with Crippen LogP contribution in [0.15, 0.2) is 15.7 Å². The monoisotopic (exact) mass is 265 g/mol. The molecule has 100 valence electrons. The molecule has 0 spiro atoms. The maximum Gasteiger partial charge on any atom is 0.327 e. The lowest BCUT2D eigenvalue weighted by atomic mass is 10.2. The van der Waals surface area contributed by atoms with E-state index in [4.69, 9.17) is 11.5 Å². The number of hydrogen-bond donors (Lipinski definition) is 4. The third-order valence-electron chi connectivity index (χ3n) is 2.12. The number of carboxylic acid groups (broad SMARTS) is 1. The van der Waals surface area contributed by atoms with Gasteiger partial charge in [0, 0.05) is 18.2 Å². The summed E-state index contributed by atoms with van der Waals surface area (Å²) in [6.45, 7) is 0. The van der Waals surface area contributed by atoms with Gasteiger partial charge in [0.15, 0.2) is 0 Å². The zero-order chi connectivity index (χ0) is 14.4. The van der Waals surface area contributed by atoms with Gasteiger partial charge in [0.2, 0.25) is 5.91 Å². The molecule has 0 aliphatic carbocycles. The van der Waals surface area contributed by atoms with E-state index >= 15 is 0 Å². The van der Waals surface area contributed by atoms with Crippen molar-refractivity contribution in [3.05, 3.63) is 32.6 Å². The van der Waals surface area contributed by atoms with E-state index in [0.717, 1.165) is 6.07 Å². The first kappa shape index (κ1) is 14.2. The highest BCUT2D eigenvalue weighted by atomic mass is 16.4. The van der Waals surface area contributed by atoms with Crippen molar-refractivity contribution in [3.8, 4) is 12.3 Å². The lowest BCUT2D eigenvalue weighted by Gasteiger charge is -2.11. The number of carbonyl (C=O) groups excluding carboxylic acids is 1. The minimum atomic E-state index is -1.26. The Balaban J connectivity index is 2.74. The number of H-pyrrole nitrogens is 2. The van der Waals surface area contributed by atoms with Crippen molar-refractivity contribution in [1.29, 1.82) is 0 Å². The molecule has 8 heteroatoms. The number of rotatable bonds is 5. The van der Waals surface area contributed by atoms with Crippen molar-refractivity contribution in [2.24, 2.45) is 0 Å². The second kappa shape index (κ2) is 6.20. The average Bonchev–Trinajstić information content (AvgIpc) is 2.26. The maximum atomic E-state index is 11.5. The highest BCUT2D eigenvalue weighted by Gasteiger charge is 2.18. The van der Waals surface area contributed by atoms with Gasteiger partial charge in [-0.3, -0.25) is 14.6 Å². The molecule has 0 saturated carbocycles. The van der Waals surface area contributed by atoms with Crippen LogP contribution >= 0.6 is 0 Å². The smallest absolute Gasteiger partial charge is 0.327 e. The van der Waals surface area contributed by atoms with Crippen LogP contribution in [0.4, 0.5) is 0 Å². The van der Waals surface area contributed by atoms with Gasteiger partial charge in [-0.25, -0.2) is 9.59 Å². The van der Waals surface area contributed by atoms with Crippen LogP contribution in [0.1, 0.15) is 12.1 Å². The van der Waals surface area contributed by atoms with E-state index in [-0.39, 0.29) is 18.5 Å². The summed E-state index contributed by atoms with van der Waals surface area (Å²) in [5, 5.41) is 11.0. The van der Waals surface area contributed by atoms with Crippen molar-refractivity contribution in [2.45, 2.75) is 18.9 Å². The number of aromatic amines is 2. The van der Waals surface area contributed by atoms with E-state index in [9.17, 15) is 19.2 Å². The van der Waals surface area contributed by atoms with Gasteiger partial charge in [-0.2, -0.15) is 0 Å². The second-order valence-corrected chi connectivity index (χ2v) is 3.66. The van der Waals surface area contributed by atoms with E-state index in [2.05, 4.69) is 16.2 Å². The molecule has 1 aromatic rings. The normalized spacial score (nSPS) is 11.3. The minimum Gasteiger partial charge on any atom is -0.480 e. The Morgan fingerprint density at radius 3 is 2.63 bits per heavy atom. The lowest BCUT2D eigenvalue weighted by Crippen LogP contribution is -2.41. The molecule has 8 nitrogen and oxygen atoms in total. The summed E-state index contributed by atoms with van der Waals surface area (Å²) in [5.41, 5.74) is -1.31. The fraction of sp³-hybridized carbons (Fsp3) is 0.273. The average molecular weight is 265 g/mol. The predicted molar refractivity (Wildman–Crippen MR) is 64.4 cm³/mol. The number of aliphatic carboxylic acids is 1. The van der Waals surface area contributed by atoms with Gasteiger partial charge in [-0.15, -0.1) is 12.3 Å². The van der Waals surface area contributed by atoms with E-state index in [1.165, 1.54) is 0 Å². The molecule has 1 heterocycles. The SMILES string of the molecule is C#CCC(NC(=O)Cc1cc(=O)[nH]c(=O)[nH]1)C(=O)O. The van der Waals surface area contributed by atoms with E-state index in [0.29, 0.717) is 0 Å². The van der Waals surface area contributed by atoms with Crippen LogP contribution in [-0.4, -0.2) is 33.0 Å². The summed E-state index contributed by atoms with van der Waals surface area (Å²) in [6, 6.07) is -0.163. The predicted octanol–water partition coefficient (Wildman–Crippen LogP) is -1.80. The summed E-state index contributed by atoms with van der Waals surface area (Å²) in [4.78, 5) is 48.5. The Labute approximate surface area is 106 Å². The van der Waals surface area contributed by atoms with Crippen molar-refractivity contribution >= 4 is 11.9 Å². The molecular formula is C11H11N3O5. The number of carboxylic acids is 1. The lowest BCUT2D eigenvalue weighted by molar-refractivity contribution is -0.141. The number of nitrogens with one attached hydrogen (secondary N) is 3. The molecular weight excluding hydrogens is 254 g/mol. The molecule has 0 bridgehead atoms. The highest BCUT2D eigenvalue weighted by Crippen LogP contribution is 1.94. The Bertz CT molecular complexity index is 608. The first-order chi connectivity index (χ1) is 8.92. The Morgan fingerprint density at radius 2 is 2.11 bits per heavy atom. The van der Waals surface area contributed by atoms with Gasteiger partial charge in [0.1, 0.15) is 6.04 Å². The van der Waals surface area contributed by atoms with E-state index in [1.807, 2.05) is 4.98 Å². The molecule has 0 radical (unpaired) electrons. The molecule has 1 rings (SSSR count). The Hall–Kier alpha value is -2.82. The standard InChI is InChI=1S/C11H11N3O5/c1-2-3-7(10(17)18)13-8(15)4-6-5-9(16)14-11(19)12-6/h1,5,7H,3-4H2,(H,13,15)(H,17,18)(H2,12,14,16,19). The van der Waals surface area contributed by atoms with Crippen LogP contribution < -0.4 is 16.6 Å². The van der Waals surface area contributed by atoms with Gasteiger partial charge >= 0.3 is 11.7 Å². The Kier molecular flexibility index (Phi) is 4.65. The molecule has 0 aliphatic heterocycles. The topological polar surface area (TPSA) is 132 Å². The summed E-state index contributed by atoms with van der Waals surface area (Å²) in [7, 11) is 0. The largest absolute Gasteiger partial charge is 0.480 e. The van der Waals surface area contributed by atoms with Gasteiger partial charge in [-0.05, 0) is 0 Å². The maximum absolute atomic E-state index is 11.5. The minimum absolute atomic E-state index is 0.0797. The number of terminal acetylenes is 1. The van der Waals surface area contributed by atoms with E-state index in [1.54, 1.807) is 0 Å². The molecule has 4 N–H and O–H groups in total. The van der Waals surface area contributed by atoms with Crippen LogP contribution in [0, 0.1) is 12.3 Å². The third kappa shape index (κ3) is 4.51. The molecule has 0 aliphatic rings. The summed E-state index contributed by atoms with van der Waals surface area (Å²) < 4.78 is 0. The molecule has 1 amide bonds. The number of amides is 1. The zero-order valence-electron chi connectivity index (χ0n) is 9.73. The third-order valence-corrected chi connectivity index (χ3v) is 2.12. The van der Waals surface area contributed by atoms with Crippen LogP contribution in [0.25, 0.3) is 0 Å². The molecule has 0 fully saturated rings. The van der Waals surface area contributed by atoms with Crippen LogP contribution in [0.2, 0.25) is 0 Å². The number of hydrogen-bond acceptors (Lipinski definition) is 4. The van der Waals surface area contributed by atoms with Gasteiger partial charge in [-0.1, -0.05) is 0 Å². The van der Waals surface area contributed by atoms with Crippen molar-refractivity contribution in [2.75, 3.05) is 0 Å². The fourth-order valence-corrected chi connectivity index (χ4v) is 1.35. The molecule has 0 saturated heterocycles. The Morgan fingerprint density at radius 1 is 1.42 bits per heavy atom. The van der Waals surface area contributed by atoms with Crippen LogP contribution in [0.3, 0.4) is 0 Å². The summed E-state index contributed by atoms with van der Waals surface area (Å²) in [5.74, 6) is 0.207. The van der Waals surface area contributed by atoms with Crippen LogP contribution in [0.5, 0.6) is 0 Å². The number of carbonyl (C=O) groups is 2. The molecule has 1 unspecified atom stereocenters. The molecule has 0 aromatic carbocycles. The summed E-state index contributed by atoms with van der Waals surface area (Å²) in [6.07, 6.45) is 4.49. The molecule has 1 aromatic heterocycles. The van der Waals surface area contributed by atoms with Gasteiger partial charge in [0.25, 0.3) is 5.56 Å². The number of aromatic nitrogens is 2. The molecule has 19 heavy (non-hydrogen) atoms. The van der Waals surface area contributed by atoms with Crippen LogP contribution in [-0.2, 0) is 16.0 Å². The molecule has 1 atom stereocenters. The van der Waals surface area contributed by atoms with Crippen molar-refractivity contribution < 1.29 is 14.7 Å². The summed E-state index contributed by atoms with van der Waals surface area (Å²) >= 11 is 0. The van der Waals surface area contributed by atoms with Gasteiger partial charge in [0.05, 0.1) is 6.42 Å². The van der Waals surface area contributed by atoms with Crippen molar-refractivity contribution in [1.82, 2.24) is 15.3 Å². The quantitative estimate of drug-likeness (QED) is 0.466. The zero-order valence-corrected chi connectivity index (χ0v) is 9.73. The van der Waals surface area contributed by atoms with Gasteiger partial charge < -0.3 is 15.4 Å². The first-order valence-electron chi connectivity index (χ1n) is 5.20. The highest BCUT2D eigenvalue weighted by molar-refractivity contribution is 5.84. The van der Waals surface area contributed by atoms with E-state index < -0.39 is 29.2 Å². The fourth-order valence-electron chi connectivity index (χ4n) is 1.35. The van der Waals surface area contributed by atoms with Crippen molar-refractivity contribution in [3.63, 3.8) is 0 Å².